The Hall–Kier alpha value is -0.0800. The van der Waals surface area contributed by atoms with Crippen LogP contribution in [0.4, 0.5) is 0 Å². The van der Waals surface area contributed by atoms with Crippen molar-refractivity contribution in [3.63, 3.8) is 0 Å². The minimum Gasteiger partial charge on any atom is -0.328 e. The van der Waals surface area contributed by atoms with Gasteiger partial charge in [-0.3, -0.25) is 0 Å². The fourth-order valence-corrected chi connectivity index (χ4v) is 2.96. The quantitative estimate of drug-likeness (QED) is 0.653. The first kappa shape index (κ1) is 11.0. The van der Waals surface area contributed by atoms with E-state index >= 15 is 0 Å². The minimum absolute atomic E-state index is 0. The van der Waals surface area contributed by atoms with E-state index in [0.717, 1.165) is 11.8 Å². The van der Waals surface area contributed by atoms with Crippen LogP contribution < -0.4 is 11.5 Å². The average Bonchev–Trinajstić information content (AvgIpc) is 2.58. The zero-order valence-electron chi connectivity index (χ0n) is 7.71. The molecule has 2 rings (SSSR count). The summed E-state index contributed by atoms with van der Waals surface area (Å²) in [6.07, 6.45) is 7.73. The molecule has 0 heterocycles. The molecule has 2 aliphatic rings. The highest BCUT2D eigenvalue weighted by atomic mass is 14.7. The maximum absolute atomic E-state index is 5.90. The van der Waals surface area contributed by atoms with E-state index < -0.39 is 0 Å². The average molecular weight is 184 g/mol. The minimum atomic E-state index is 0. The van der Waals surface area contributed by atoms with Crippen LogP contribution in [0.15, 0.2) is 0 Å². The lowest BCUT2D eigenvalue weighted by Crippen LogP contribution is -2.19. The van der Waals surface area contributed by atoms with E-state index in [9.17, 15) is 0 Å². The van der Waals surface area contributed by atoms with Gasteiger partial charge in [-0.1, -0.05) is 7.43 Å². The highest BCUT2D eigenvalue weighted by molar-refractivity contribution is 4.88. The number of hydrogen-bond acceptors (Lipinski definition) is 2. The van der Waals surface area contributed by atoms with E-state index in [1.54, 1.807) is 0 Å². The number of nitrogens with two attached hydrogens (primary N) is 2. The third-order valence-electron chi connectivity index (χ3n) is 3.69. The Morgan fingerprint density at radius 2 is 1.08 bits per heavy atom. The molecule has 4 N–H and O–H groups in total. The van der Waals surface area contributed by atoms with Gasteiger partial charge in [0, 0.05) is 12.1 Å². The molecule has 0 amide bonds. The van der Waals surface area contributed by atoms with Crippen LogP contribution in [-0.4, -0.2) is 12.1 Å². The van der Waals surface area contributed by atoms with Crippen molar-refractivity contribution < 1.29 is 0 Å². The summed E-state index contributed by atoms with van der Waals surface area (Å²) >= 11 is 0. The molecule has 0 radical (unpaired) electrons. The highest BCUT2D eigenvalue weighted by Gasteiger charge is 2.33. The maximum atomic E-state index is 5.90. The van der Waals surface area contributed by atoms with Crippen LogP contribution in [-0.2, 0) is 0 Å². The van der Waals surface area contributed by atoms with Crippen molar-refractivity contribution in [2.24, 2.45) is 23.3 Å². The first-order valence-corrected chi connectivity index (χ1v) is 5.27. The number of rotatable bonds is 1. The molecule has 0 saturated heterocycles. The van der Waals surface area contributed by atoms with Crippen LogP contribution in [0.1, 0.15) is 46.0 Å². The van der Waals surface area contributed by atoms with Crippen molar-refractivity contribution in [3.05, 3.63) is 0 Å². The lowest BCUT2D eigenvalue weighted by Gasteiger charge is -2.17. The van der Waals surface area contributed by atoms with Crippen molar-refractivity contribution >= 4 is 0 Å². The smallest absolute Gasteiger partial charge is 0.00416 e. The SMILES string of the molecule is C.NC1CCC(C2CCC(N)C2)C1. The van der Waals surface area contributed by atoms with Gasteiger partial charge >= 0.3 is 0 Å². The molecule has 0 aromatic rings. The van der Waals surface area contributed by atoms with Gasteiger partial charge in [0.05, 0.1) is 0 Å². The van der Waals surface area contributed by atoms with Crippen LogP contribution in [0.3, 0.4) is 0 Å². The predicted octanol–water partition coefficient (Wildman–Crippen LogP) is 1.88. The molecular formula is C11H24N2. The molecule has 13 heavy (non-hydrogen) atoms. The van der Waals surface area contributed by atoms with E-state index in [4.69, 9.17) is 11.5 Å². The molecule has 0 aromatic heterocycles. The van der Waals surface area contributed by atoms with Crippen molar-refractivity contribution in [2.75, 3.05) is 0 Å². The van der Waals surface area contributed by atoms with Gasteiger partial charge in [0.2, 0.25) is 0 Å². The van der Waals surface area contributed by atoms with Crippen molar-refractivity contribution in [1.29, 1.82) is 0 Å². The van der Waals surface area contributed by atoms with E-state index in [-0.39, 0.29) is 7.43 Å². The van der Waals surface area contributed by atoms with Gasteiger partial charge in [-0.2, -0.15) is 0 Å². The molecule has 2 fully saturated rings. The summed E-state index contributed by atoms with van der Waals surface area (Å²) in [6, 6.07) is 0.985. The Kier molecular flexibility index (Phi) is 3.74. The molecule has 4 atom stereocenters. The topological polar surface area (TPSA) is 52.0 Å². The molecule has 2 nitrogen and oxygen atoms in total. The summed E-state index contributed by atoms with van der Waals surface area (Å²) in [5.74, 6) is 1.82. The lowest BCUT2D eigenvalue weighted by atomic mass is 9.89. The fourth-order valence-electron chi connectivity index (χ4n) is 2.96. The maximum Gasteiger partial charge on any atom is 0.00416 e. The van der Waals surface area contributed by atoms with Crippen LogP contribution in [0.2, 0.25) is 0 Å². The second-order valence-electron chi connectivity index (χ2n) is 4.67. The third-order valence-corrected chi connectivity index (χ3v) is 3.69. The summed E-state index contributed by atoms with van der Waals surface area (Å²) in [4.78, 5) is 0. The van der Waals surface area contributed by atoms with Gasteiger partial charge in [0.1, 0.15) is 0 Å². The van der Waals surface area contributed by atoms with Gasteiger partial charge in [-0.05, 0) is 50.4 Å². The molecule has 2 heteroatoms. The Bertz CT molecular complexity index is 140. The predicted molar refractivity (Wildman–Crippen MR) is 57.4 cm³/mol. The van der Waals surface area contributed by atoms with Crippen LogP contribution in [0.25, 0.3) is 0 Å². The summed E-state index contributed by atoms with van der Waals surface area (Å²) < 4.78 is 0. The molecule has 0 aromatic carbocycles. The first-order valence-electron chi connectivity index (χ1n) is 5.27. The number of hydrogen-bond donors (Lipinski definition) is 2. The monoisotopic (exact) mass is 184 g/mol. The standard InChI is InChI=1S/C10H20N2.CH4/c11-9-3-1-7(5-9)8-2-4-10(12)6-8;/h7-10H,1-6,11-12H2;1H4. The zero-order valence-corrected chi connectivity index (χ0v) is 7.71. The molecule has 2 saturated carbocycles. The van der Waals surface area contributed by atoms with Crippen LogP contribution in [0, 0.1) is 11.8 Å². The van der Waals surface area contributed by atoms with Crippen molar-refractivity contribution in [1.82, 2.24) is 0 Å². The van der Waals surface area contributed by atoms with Crippen LogP contribution in [0.5, 0.6) is 0 Å². The van der Waals surface area contributed by atoms with Gasteiger partial charge in [-0.15, -0.1) is 0 Å². The second kappa shape index (κ2) is 4.43. The van der Waals surface area contributed by atoms with E-state index in [0.29, 0.717) is 12.1 Å². The Labute approximate surface area is 82.1 Å². The highest BCUT2D eigenvalue weighted by Crippen LogP contribution is 2.39. The lowest BCUT2D eigenvalue weighted by molar-refractivity contribution is 0.340. The van der Waals surface area contributed by atoms with Crippen molar-refractivity contribution in [3.8, 4) is 0 Å². The Morgan fingerprint density at radius 1 is 0.692 bits per heavy atom. The van der Waals surface area contributed by atoms with Gasteiger partial charge in [-0.25, -0.2) is 0 Å². The molecule has 0 bridgehead atoms. The van der Waals surface area contributed by atoms with Gasteiger partial charge in [0.15, 0.2) is 0 Å². The zero-order chi connectivity index (χ0) is 8.55. The molecule has 0 aliphatic heterocycles. The van der Waals surface area contributed by atoms with Gasteiger partial charge < -0.3 is 11.5 Å². The Morgan fingerprint density at radius 3 is 1.31 bits per heavy atom. The molecular weight excluding hydrogens is 160 g/mol. The normalized spacial score (nSPS) is 44.8. The largest absolute Gasteiger partial charge is 0.328 e. The van der Waals surface area contributed by atoms with E-state index in [1.807, 2.05) is 0 Å². The molecule has 2 aliphatic carbocycles. The third kappa shape index (κ3) is 2.44. The second-order valence-corrected chi connectivity index (χ2v) is 4.67. The summed E-state index contributed by atoms with van der Waals surface area (Å²) in [6.45, 7) is 0. The van der Waals surface area contributed by atoms with E-state index in [2.05, 4.69) is 0 Å². The van der Waals surface area contributed by atoms with E-state index in [1.165, 1.54) is 38.5 Å². The summed E-state index contributed by atoms with van der Waals surface area (Å²) in [5, 5.41) is 0. The van der Waals surface area contributed by atoms with Gasteiger partial charge in [0.25, 0.3) is 0 Å². The molecule has 0 spiro atoms. The fraction of sp³-hybridized carbons (Fsp3) is 1.00. The van der Waals surface area contributed by atoms with Crippen LogP contribution >= 0.6 is 0 Å². The molecule has 4 unspecified atom stereocenters. The summed E-state index contributed by atoms with van der Waals surface area (Å²) in [5.41, 5.74) is 11.8. The Balaban J connectivity index is 0.000000845. The first-order chi connectivity index (χ1) is 5.75. The summed E-state index contributed by atoms with van der Waals surface area (Å²) in [7, 11) is 0. The van der Waals surface area contributed by atoms with Crippen molar-refractivity contribution in [2.45, 2.75) is 58.0 Å². The molecule has 78 valence electrons.